The molecule has 1 aliphatic carbocycles. The van der Waals surface area contributed by atoms with Crippen LogP contribution in [0.15, 0.2) is 16.6 Å². The fourth-order valence-electron chi connectivity index (χ4n) is 2.02. The van der Waals surface area contributed by atoms with Crippen molar-refractivity contribution >= 4 is 21.7 Å². The van der Waals surface area contributed by atoms with Gasteiger partial charge in [0.1, 0.15) is 5.82 Å². The number of hydrogen-bond acceptors (Lipinski definition) is 2. The van der Waals surface area contributed by atoms with E-state index in [0.29, 0.717) is 12.8 Å². The topological polar surface area (TPSA) is 24.9 Å². The molecule has 5 heteroatoms. The highest BCUT2D eigenvalue weighted by atomic mass is 79.9. The van der Waals surface area contributed by atoms with Crippen LogP contribution in [0.1, 0.15) is 31.4 Å². The maximum Gasteiger partial charge on any atom is 0.248 e. The molecule has 17 heavy (non-hydrogen) atoms. The first kappa shape index (κ1) is 12.7. The van der Waals surface area contributed by atoms with Gasteiger partial charge in [0.2, 0.25) is 5.92 Å². The summed E-state index contributed by atoms with van der Waals surface area (Å²) in [5.41, 5.74) is 0.914. The minimum Gasteiger partial charge on any atom is -0.366 e. The number of pyridine rings is 1. The molecule has 1 saturated carbocycles. The Kier molecular flexibility index (Phi) is 3.66. The molecule has 0 unspecified atom stereocenters. The predicted octanol–water partition coefficient (Wildman–Crippen LogP) is 4.14. The number of alkyl halides is 2. The van der Waals surface area contributed by atoms with E-state index in [1.165, 1.54) is 0 Å². The molecule has 1 aliphatic rings. The zero-order valence-electron chi connectivity index (χ0n) is 9.64. The van der Waals surface area contributed by atoms with Crippen molar-refractivity contribution in [2.24, 2.45) is 0 Å². The summed E-state index contributed by atoms with van der Waals surface area (Å²) in [5.74, 6) is -1.73. The van der Waals surface area contributed by atoms with Gasteiger partial charge in [-0.15, -0.1) is 0 Å². The van der Waals surface area contributed by atoms with Crippen LogP contribution in [0, 0.1) is 6.92 Å². The first-order valence-corrected chi connectivity index (χ1v) is 6.53. The Morgan fingerprint density at radius 3 is 2.65 bits per heavy atom. The van der Waals surface area contributed by atoms with Crippen molar-refractivity contribution in [1.29, 1.82) is 0 Å². The Bertz CT molecular complexity index is 399. The Hall–Kier alpha value is -0.710. The fraction of sp³-hybridized carbons (Fsp3) is 0.583. The monoisotopic (exact) mass is 304 g/mol. The van der Waals surface area contributed by atoms with E-state index in [4.69, 9.17) is 0 Å². The summed E-state index contributed by atoms with van der Waals surface area (Å²) in [6.45, 7) is 1.91. The predicted molar refractivity (Wildman–Crippen MR) is 67.5 cm³/mol. The third kappa shape index (κ3) is 3.37. The second-order valence-electron chi connectivity index (χ2n) is 4.56. The quantitative estimate of drug-likeness (QED) is 0.888. The second-order valence-corrected chi connectivity index (χ2v) is 5.41. The average molecular weight is 305 g/mol. The van der Waals surface area contributed by atoms with Gasteiger partial charge >= 0.3 is 0 Å². The summed E-state index contributed by atoms with van der Waals surface area (Å²) >= 11 is 3.41. The molecule has 1 aromatic heterocycles. The Morgan fingerprint density at radius 2 is 2.00 bits per heavy atom. The molecule has 94 valence electrons. The van der Waals surface area contributed by atoms with Crippen LogP contribution in [0.25, 0.3) is 0 Å². The normalized spacial score (nSPS) is 20.2. The van der Waals surface area contributed by atoms with E-state index >= 15 is 0 Å². The maximum atomic E-state index is 13.0. The molecule has 0 spiro atoms. The second kappa shape index (κ2) is 4.88. The summed E-state index contributed by atoms with van der Waals surface area (Å²) in [7, 11) is 0. The standard InChI is InChI=1S/C12H15BrF2N2/c1-8-2-3-10(13)11(16-8)17-9-4-6-12(14,15)7-5-9/h2-3,9H,4-7H2,1H3,(H,16,17). The van der Waals surface area contributed by atoms with Gasteiger partial charge in [-0.3, -0.25) is 0 Å². The number of anilines is 1. The third-order valence-electron chi connectivity index (χ3n) is 3.04. The number of aromatic nitrogens is 1. The molecule has 1 fully saturated rings. The largest absolute Gasteiger partial charge is 0.366 e. The van der Waals surface area contributed by atoms with Crippen LogP contribution in [-0.4, -0.2) is 16.9 Å². The molecule has 0 radical (unpaired) electrons. The summed E-state index contributed by atoms with van der Waals surface area (Å²) < 4.78 is 26.9. The highest BCUT2D eigenvalue weighted by Gasteiger charge is 2.35. The van der Waals surface area contributed by atoms with Crippen LogP contribution in [0.2, 0.25) is 0 Å². The summed E-state index contributed by atoms with van der Waals surface area (Å²) in [6, 6.07) is 3.92. The molecule has 0 bridgehead atoms. The van der Waals surface area contributed by atoms with Crippen molar-refractivity contribution in [3.8, 4) is 0 Å². The lowest BCUT2D eigenvalue weighted by Gasteiger charge is -2.29. The fourth-order valence-corrected chi connectivity index (χ4v) is 2.35. The van der Waals surface area contributed by atoms with Crippen molar-refractivity contribution in [3.63, 3.8) is 0 Å². The molecule has 1 heterocycles. The number of rotatable bonds is 2. The van der Waals surface area contributed by atoms with Gasteiger partial charge in [0.05, 0.1) is 4.47 Å². The van der Waals surface area contributed by atoms with Crippen molar-refractivity contribution in [2.75, 3.05) is 5.32 Å². The summed E-state index contributed by atoms with van der Waals surface area (Å²) in [5, 5.41) is 3.24. The molecule has 2 rings (SSSR count). The Morgan fingerprint density at radius 1 is 1.35 bits per heavy atom. The van der Waals surface area contributed by atoms with Gasteiger partial charge < -0.3 is 5.32 Å². The Balaban J connectivity index is 2.00. The average Bonchev–Trinajstić information content (AvgIpc) is 2.26. The third-order valence-corrected chi connectivity index (χ3v) is 3.68. The lowest BCUT2D eigenvalue weighted by atomic mass is 9.92. The van der Waals surface area contributed by atoms with E-state index in [0.717, 1.165) is 16.0 Å². The summed E-state index contributed by atoms with van der Waals surface area (Å²) in [4.78, 5) is 4.36. The van der Waals surface area contributed by atoms with Crippen molar-refractivity contribution in [1.82, 2.24) is 4.98 Å². The van der Waals surface area contributed by atoms with Gasteiger partial charge in [-0.25, -0.2) is 13.8 Å². The zero-order valence-corrected chi connectivity index (χ0v) is 11.2. The van der Waals surface area contributed by atoms with E-state index in [1.54, 1.807) is 0 Å². The highest BCUT2D eigenvalue weighted by molar-refractivity contribution is 9.10. The number of hydrogen-bond donors (Lipinski definition) is 1. The maximum absolute atomic E-state index is 13.0. The lowest BCUT2D eigenvalue weighted by Crippen LogP contribution is -2.32. The van der Waals surface area contributed by atoms with Crippen molar-refractivity contribution < 1.29 is 8.78 Å². The van der Waals surface area contributed by atoms with Gasteiger partial charge in [0, 0.05) is 24.6 Å². The van der Waals surface area contributed by atoms with Gasteiger partial charge in [-0.1, -0.05) is 0 Å². The van der Waals surface area contributed by atoms with Gasteiger partial charge in [0.25, 0.3) is 0 Å². The number of nitrogens with zero attached hydrogens (tertiary/aromatic N) is 1. The van der Waals surface area contributed by atoms with E-state index < -0.39 is 5.92 Å². The van der Waals surface area contributed by atoms with Crippen LogP contribution in [0.3, 0.4) is 0 Å². The van der Waals surface area contributed by atoms with Crippen LogP contribution in [-0.2, 0) is 0 Å². The number of nitrogens with one attached hydrogen (secondary N) is 1. The van der Waals surface area contributed by atoms with Crippen LogP contribution in [0.4, 0.5) is 14.6 Å². The van der Waals surface area contributed by atoms with Crippen LogP contribution >= 0.6 is 15.9 Å². The Labute approximate surface area is 108 Å². The minimum absolute atomic E-state index is 0.0336. The SMILES string of the molecule is Cc1ccc(Br)c(NC2CCC(F)(F)CC2)n1. The lowest BCUT2D eigenvalue weighted by molar-refractivity contribution is -0.0361. The van der Waals surface area contributed by atoms with E-state index in [-0.39, 0.29) is 18.9 Å². The first-order chi connectivity index (χ1) is 7.96. The molecule has 0 saturated heterocycles. The smallest absolute Gasteiger partial charge is 0.248 e. The van der Waals surface area contributed by atoms with E-state index in [2.05, 4.69) is 26.2 Å². The zero-order chi connectivity index (χ0) is 12.5. The molecule has 0 aliphatic heterocycles. The number of aryl methyl sites for hydroxylation is 1. The van der Waals surface area contributed by atoms with E-state index in [9.17, 15) is 8.78 Å². The first-order valence-electron chi connectivity index (χ1n) is 5.74. The molecule has 0 atom stereocenters. The molecule has 2 nitrogen and oxygen atoms in total. The van der Waals surface area contributed by atoms with E-state index in [1.807, 2.05) is 19.1 Å². The van der Waals surface area contributed by atoms with Crippen molar-refractivity contribution in [2.45, 2.75) is 44.6 Å². The summed E-state index contributed by atoms with van der Waals surface area (Å²) in [6.07, 6.45) is 0.923. The van der Waals surface area contributed by atoms with Crippen LogP contribution < -0.4 is 5.32 Å². The van der Waals surface area contributed by atoms with Gasteiger partial charge in [-0.2, -0.15) is 0 Å². The molecule has 0 amide bonds. The molecule has 1 N–H and O–H groups in total. The van der Waals surface area contributed by atoms with Crippen LogP contribution in [0.5, 0.6) is 0 Å². The van der Waals surface area contributed by atoms with Crippen molar-refractivity contribution in [3.05, 3.63) is 22.3 Å². The number of halogens is 3. The molecule has 1 aromatic rings. The highest BCUT2D eigenvalue weighted by Crippen LogP contribution is 2.34. The molecular weight excluding hydrogens is 290 g/mol. The minimum atomic E-state index is -2.48. The van der Waals surface area contributed by atoms with Gasteiger partial charge in [0.15, 0.2) is 0 Å². The molecule has 0 aromatic carbocycles. The molecular formula is C12H15BrF2N2. The van der Waals surface area contributed by atoms with Gasteiger partial charge in [-0.05, 0) is 47.8 Å².